The molecular weight excluding hydrogens is 226 g/mol. The minimum Gasteiger partial charge on any atom is -0.359 e. The number of anilines is 1. The van der Waals surface area contributed by atoms with E-state index < -0.39 is 0 Å². The highest BCUT2D eigenvalue weighted by Crippen LogP contribution is 2.27. The fourth-order valence-electron chi connectivity index (χ4n) is 1.11. The van der Waals surface area contributed by atoms with E-state index in [2.05, 4.69) is 34.5 Å². The topological polar surface area (TPSA) is 37.8 Å². The Hall–Kier alpha value is -0.940. The van der Waals surface area contributed by atoms with Gasteiger partial charge in [0, 0.05) is 17.6 Å². The van der Waals surface area contributed by atoms with E-state index in [1.54, 1.807) is 22.7 Å². The van der Waals surface area contributed by atoms with Crippen LogP contribution in [0.15, 0.2) is 17.1 Å². The van der Waals surface area contributed by atoms with Crippen molar-refractivity contribution in [3.8, 4) is 10.6 Å². The molecule has 0 spiro atoms. The minimum absolute atomic E-state index is 0.477. The molecule has 0 aliphatic heterocycles. The van der Waals surface area contributed by atoms with E-state index in [1.807, 2.05) is 11.7 Å². The van der Waals surface area contributed by atoms with Crippen LogP contribution in [0, 0.1) is 0 Å². The summed E-state index contributed by atoms with van der Waals surface area (Å²) in [5.74, 6) is 0. The molecular formula is C10H13N3S2. The standard InChI is InChI=1S/C10H13N3S2/c1-3-7(2)12-10-13-8(5-14-10)9-4-11-6-15-9/h4-7H,3H2,1-2H3,(H,12,13). The zero-order chi connectivity index (χ0) is 10.7. The molecule has 0 fully saturated rings. The van der Waals surface area contributed by atoms with Gasteiger partial charge in [0.15, 0.2) is 5.13 Å². The van der Waals surface area contributed by atoms with E-state index in [1.165, 1.54) is 0 Å². The predicted octanol–water partition coefficient (Wildman–Crippen LogP) is 3.48. The fraction of sp³-hybridized carbons (Fsp3) is 0.400. The SMILES string of the molecule is CCC(C)Nc1nc(-c2cncs2)cs1. The normalized spacial score (nSPS) is 12.7. The summed E-state index contributed by atoms with van der Waals surface area (Å²) in [6.45, 7) is 4.32. The van der Waals surface area contributed by atoms with E-state index in [4.69, 9.17) is 0 Å². The summed E-state index contributed by atoms with van der Waals surface area (Å²) in [5, 5.41) is 6.43. The summed E-state index contributed by atoms with van der Waals surface area (Å²) in [5.41, 5.74) is 2.85. The highest BCUT2D eigenvalue weighted by molar-refractivity contribution is 7.15. The van der Waals surface area contributed by atoms with Gasteiger partial charge in [0.25, 0.3) is 0 Å². The zero-order valence-corrected chi connectivity index (χ0v) is 10.4. The molecule has 3 nitrogen and oxygen atoms in total. The molecule has 0 aromatic carbocycles. The van der Waals surface area contributed by atoms with E-state index in [0.717, 1.165) is 22.1 Å². The fourth-order valence-corrected chi connectivity index (χ4v) is 2.59. The Morgan fingerprint density at radius 3 is 3.00 bits per heavy atom. The second kappa shape index (κ2) is 4.72. The number of rotatable bonds is 4. The number of thiazole rings is 2. The molecule has 2 rings (SSSR count). The predicted molar refractivity (Wildman–Crippen MR) is 66.6 cm³/mol. The van der Waals surface area contributed by atoms with Crippen LogP contribution in [0.1, 0.15) is 20.3 Å². The van der Waals surface area contributed by atoms with Crippen molar-refractivity contribution in [1.29, 1.82) is 0 Å². The van der Waals surface area contributed by atoms with Crippen molar-refractivity contribution < 1.29 is 0 Å². The van der Waals surface area contributed by atoms with Crippen LogP contribution in [0.5, 0.6) is 0 Å². The van der Waals surface area contributed by atoms with E-state index in [-0.39, 0.29) is 0 Å². The molecule has 0 saturated heterocycles. The summed E-state index contributed by atoms with van der Waals surface area (Å²) in [6, 6.07) is 0.477. The summed E-state index contributed by atoms with van der Waals surface area (Å²) < 4.78 is 0. The lowest BCUT2D eigenvalue weighted by Crippen LogP contribution is -2.12. The van der Waals surface area contributed by atoms with Gasteiger partial charge in [-0.1, -0.05) is 6.92 Å². The van der Waals surface area contributed by atoms with Crippen LogP contribution in [0.2, 0.25) is 0 Å². The van der Waals surface area contributed by atoms with E-state index in [9.17, 15) is 0 Å². The maximum absolute atomic E-state index is 4.52. The van der Waals surface area contributed by atoms with Crippen molar-refractivity contribution in [1.82, 2.24) is 9.97 Å². The largest absolute Gasteiger partial charge is 0.359 e. The Morgan fingerprint density at radius 2 is 2.33 bits per heavy atom. The third-order valence-corrected chi connectivity index (χ3v) is 3.74. The number of aromatic nitrogens is 2. The second-order valence-electron chi connectivity index (χ2n) is 3.36. The summed E-state index contributed by atoms with van der Waals surface area (Å²) >= 11 is 3.27. The molecule has 0 radical (unpaired) electrons. The van der Waals surface area contributed by atoms with Crippen LogP contribution in [0.4, 0.5) is 5.13 Å². The maximum atomic E-state index is 4.52. The number of nitrogens with one attached hydrogen (secondary N) is 1. The van der Waals surface area contributed by atoms with E-state index >= 15 is 0 Å². The van der Waals surface area contributed by atoms with Crippen LogP contribution in [-0.2, 0) is 0 Å². The Bertz CT molecular complexity index is 408. The lowest BCUT2D eigenvalue weighted by atomic mass is 10.3. The van der Waals surface area contributed by atoms with Gasteiger partial charge >= 0.3 is 0 Å². The molecule has 5 heteroatoms. The molecule has 2 heterocycles. The van der Waals surface area contributed by atoms with Gasteiger partial charge < -0.3 is 5.32 Å². The molecule has 1 atom stereocenters. The van der Waals surface area contributed by atoms with E-state index in [0.29, 0.717) is 6.04 Å². The molecule has 0 saturated carbocycles. The molecule has 2 aromatic rings. The van der Waals surface area contributed by atoms with Crippen LogP contribution >= 0.6 is 22.7 Å². The lowest BCUT2D eigenvalue weighted by molar-refractivity contribution is 0.763. The van der Waals surface area contributed by atoms with Crippen molar-refractivity contribution in [2.45, 2.75) is 26.3 Å². The summed E-state index contributed by atoms with van der Waals surface area (Å²) in [6.07, 6.45) is 2.96. The molecule has 2 aromatic heterocycles. The smallest absolute Gasteiger partial charge is 0.183 e. The molecule has 0 aliphatic rings. The van der Waals surface area contributed by atoms with Gasteiger partial charge in [-0.2, -0.15) is 0 Å². The molecule has 1 N–H and O–H groups in total. The quantitative estimate of drug-likeness (QED) is 0.887. The van der Waals surface area contributed by atoms with Crippen LogP contribution in [-0.4, -0.2) is 16.0 Å². The van der Waals surface area contributed by atoms with Gasteiger partial charge in [-0.3, -0.25) is 4.98 Å². The van der Waals surface area contributed by atoms with Crippen LogP contribution in [0.25, 0.3) is 10.6 Å². The first-order valence-corrected chi connectivity index (χ1v) is 6.66. The van der Waals surface area contributed by atoms with Crippen molar-refractivity contribution in [3.63, 3.8) is 0 Å². The highest BCUT2D eigenvalue weighted by Gasteiger charge is 2.07. The third kappa shape index (κ3) is 2.54. The van der Waals surface area contributed by atoms with Gasteiger partial charge in [-0.15, -0.1) is 22.7 Å². The van der Waals surface area contributed by atoms with Crippen molar-refractivity contribution >= 4 is 27.8 Å². The second-order valence-corrected chi connectivity index (χ2v) is 5.10. The molecule has 0 aliphatic carbocycles. The Kier molecular flexibility index (Phi) is 3.33. The number of hydrogen-bond donors (Lipinski definition) is 1. The molecule has 15 heavy (non-hydrogen) atoms. The van der Waals surface area contributed by atoms with Gasteiger partial charge in [0.1, 0.15) is 0 Å². The first kappa shape index (κ1) is 10.6. The highest BCUT2D eigenvalue weighted by atomic mass is 32.1. The average Bonchev–Trinajstić information content (AvgIpc) is 2.85. The van der Waals surface area contributed by atoms with Gasteiger partial charge in [-0.05, 0) is 13.3 Å². The first-order chi connectivity index (χ1) is 7.29. The molecule has 80 valence electrons. The Morgan fingerprint density at radius 1 is 1.47 bits per heavy atom. The van der Waals surface area contributed by atoms with Crippen molar-refractivity contribution in [2.75, 3.05) is 5.32 Å². The van der Waals surface area contributed by atoms with Crippen LogP contribution < -0.4 is 5.32 Å². The monoisotopic (exact) mass is 239 g/mol. The van der Waals surface area contributed by atoms with Crippen molar-refractivity contribution in [2.24, 2.45) is 0 Å². The average molecular weight is 239 g/mol. The Labute approximate surface area is 97.2 Å². The Balaban J connectivity index is 2.11. The first-order valence-electron chi connectivity index (χ1n) is 4.90. The number of nitrogens with zero attached hydrogens (tertiary/aromatic N) is 2. The third-order valence-electron chi connectivity index (χ3n) is 2.17. The lowest BCUT2D eigenvalue weighted by Gasteiger charge is -2.08. The zero-order valence-electron chi connectivity index (χ0n) is 8.73. The summed E-state index contributed by atoms with van der Waals surface area (Å²) in [7, 11) is 0. The minimum atomic E-state index is 0.477. The number of hydrogen-bond acceptors (Lipinski definition) is 5. The van der Waals surface area contributed by atoms with Crippen molar-refractivity contribution in [3.05, 3.63) is 17.1 Å². The molecule has 0 amide bonds. The van der Waals surface area contributed by atoms with Gasteiger partial charge in [0.2, 0.25) is 0 Å². The molecule has 0 bridgehead atoms. The van der Waals surface area contributed by atoms with Gasteiger partial charge in [-0.25, -0.2) is 4.98 Å². The van der Waals surface area contributed by atoms with Crippen LogP contribution in [0.3, 0.4) is 0 Å². The maximum Gasteiger partial charge on any atom is 0.183 e. The van der Waals surface area contributed by atoms with Gasteiger partial charge in [0.05, 0.1) is 16.1 Å². The molecule has 1 unspecified atom stereocenters. The summed E-state index contributed by atoms with van der Waals surface area (Å²) in [4.78, 5) is 9.69.